The molecule has 1 heterocycles. The second-order valence-corrected chi connectivity index (χ2v) is 4.67. The van der Waals surface area contributed by atoms with Crippen molar-refractivity contribution in [2.45, 2.75) is 31.9 Å². The fourth-order valence-electron chi connectivity index (χ4n) is 1.87. The van der Waals surface area contributed by atoms with Gasteiger partial charge in [-0.15, -0.1) is 0 Å². The van der Waals surface area contributed by atoms with E-state index in [2.05, 4.69) is 5.32 Å². The van der Waals surface area contributed by atoms with E-state index in [1.807, 2.05) is 13.8 Å². The van der Waals surface area contributed by atoms with Crippen LogP contribution in [0.2, 0.25) is 0 Å². The Morgan fingerprint density at radius 2 is 2.18 bits per heavy atom. The molecule has 0 saturated carbocycles. The molecular formula is C12H23NO4. The van der Waals surface area contributed by atoms with Gasteiger partial charge in [-0.3, -0.25) is 4.79 Å². The first kappa shape index (κ1) is 14.4. The third kappa shape index (κ3) is 3.66. The molecule has 0 spiro atoms. The van der Waals surface area contributed by atoms with E-state index in [9.17, 15) is 4.79 Å². The molecule has 3 unspecified atom stereocenters. The van der Waals surface area contributed by atoms with Crippen LogP contribution in [0.1, 0.15) is 20.3 Å². The summed E-state index contributed by atoms with van der Waals surface area (Å²) in [4.78, 5) is 11.4. The first-order valence-electron chi connectivity index (χ1n) is 5.99. The van der Waals surface area contributed by atoms with Crippen LogP contribution in [0.3, 0.4) is 0 Å². The fraction of sp³-hybridized carbons (Fsp3) is 0.917. The number of hydrogen-bond acceptors (Lipinski definition) is 5. The molecule has 1 N–H and O–H groups in total. The number of carbonyl (C=O) groups excluding carboxylic acids is 1. The summed E-state index contributed by atoms with van der Waals surface area (Å²) in [6.07, 6.45) is 0.885. The van der Waals surface area contributed by atoms with Crippen molar-refractivity contribution < 1.29 is 19.0 Å². The maximum atomic E-state index is 11.4. The fourth-order valence-corrected chi connectivity index (χ4v) is 1.87. The zero-order valence-electron chi connectivity index (χ0n) is 11.1. The Bertz CT molecular complexity index is 251. The first-order valence-corrected chi connectivity index (χ1v) is 5.99. The average molecular weight is 245 g/mol. The maximum absolute atomic E-state index is 11.4. The molecule has 0 bridgehead atoms. The van der Waals surface area contributed by atoms with Crippen molar-refractivity contribution in [1.82, 2.24) is 5.32 Å². The van der Waals surface area contributed by atoms with E-state index in [0.717, 1.165) is 13.0 Å². The number of nitrogens with one attached hydrogen (secondary N) is 1. The van der Waals surface area contributed by atoms with Crippen LogP contribution in [0.25, 0.3) is 0 Å². The zero-order chi connectivity index (χ0) is 12.9. The summed E-state index contributed by atoms with van der Waals surface area (Å²) in [6, 6.07) is 0.0510. The molecule has 1 rings (SSSR count). The third-order valence-electron chi connectivity index (χ3n) is 3.57. The third-order valence-corrected chi connectivity index (χ3v) is 3.57. The zero-order valence-corrected chi connectivity index (χ0v) is 11.1. The van der Waals surface area contributed by atoms with Gasteiger partial charge in [0.05, 0.1) is 19.6 Å². The van der Waals surface area contributed by atoms with E-state index in [4.69, 9.17) is 14.2 Å². The predicted octanol–water partition coefficient (Wildman–Crippen LogP) is 0.579. The minimum absolute atomic E-state index is 0.0510. The summed E-state index contributed by atoms with van der Waals surface area (Å²) in [5.41, 5.74) is -0.246. The lowest BCUT2D eigenvalue weighted by molar-refractivity contribution is -0.145. The van der Waals surface area contributed by atoms with Gasteiger partial charge in [0.15, 0.2) is 0 Å². The van der Waals surface area contributed by atoms with Gasteiger partial charge >= 0.3 is 5.97 Å². The number of esters is 1. The van der Waals surface area contributed by atoms with E-state index >= 15 is 0 Å². The number of carbonyl (C=O) groups is 1. The Morgan fingerprint density at radius 3 is 2.65 bits per heavy atom. The first-order chi connectivity index (χ1) is 8.04. The molecule has 5 nitrogen and oxygen atoms in total. The summed E-state index contributed by atoms with van der Waals surface area (Å²) in [5.74, 6) is -0.365. The molecule has 0 aromatic carbocycles. The van der Waals surface area contributed by atoms with Crippen LogP contribution in [-0.4, -0.2) is 51.6 Å². The maximum Gasteiger partial charge on any atom is 0.309 e. The van der Waals surface area contributed by atoms with Gasteiger partial charge in [-0.2, -0.15) is 0 Å². The van der Waals surface area contributed by atoms with Gasteiger partial charge in [-0.1, -0.05) is 6.92 Å². The summed E-state index contributed by atoms with van der Waals surface area (Å²) >= 11 is 0. The van der Waals surface area contributed by atoms with Crippen molar-refractivity contribution in [3.63, 3.8) is 0 Å². The van der Waals surface area contributed by atoms with E-state index in [-0.39, 0.29) is 23.5 Å². The Labute approximate surface area is 103 Å². The van der Waals surface area contributed by atoms with Crippen molar-refractivity contribution in [3.05, 3.63) is 0 Å². The lowest BCUT2D eigenvalue weighted by Gasteiger charge is -2.29. The lowest BCUT2D eigenvalue weighted by atomic mass is 10.00. The second kappa shape index (κ2) is 6.33. The highest BCUT2D eigenvalue weighted by atomic mass is 16.5. The molecule has 17 heavy (non-hydrogen) atoms. The van der Waals surface area contributed by atoms with Gasteiger partial charge in [0.25, 0.3) is 0 Å². The molecular weight excluding hydrogens is 222 g/mol. The highest BCUT2D eigenvalue weighted by molar-refractivity contribution is 5.72. The molecule has 100 valence electrons. The molecule has 0 aliphatic carbocycles. The quantitative estimate of drug-likeness (QED) is 0.694. The van der Waals surface area contributed by atoms with Crippen molar-refractivity contribution in [1.29, 1.82) is 0 Å². The standard InChI is InChI=1S/C12H23NO4/c1-9(11(14)15-3)10(2)13-7-12(16-4)5-6-17-8-12/h9-10,13H,5-8H2,1-4H3. The summed E-state index contributed by atoms with van der Waals surface area (Å²) < 4.78 is 15.6. The van der Waals surface area contributed by atoms with Crippen molar-refractivity contribution in [2.24, 2.45) is 5.92 Å². The van der Waals surface area contributed by atoms with E-state index in [0.29, 0.717) is 13.2 Å². The van der Waals surface area contributed by atoms with E-state index < -0.39 is 0 Å². The van der Waals surface area contributed by atoms with Crippen LogP contribution >= 0.6 is 0 Å². The molecule has 1 saturated heterocycles. The highest BCUT2D eigenvalue weighted by Crippen LogP contribution is 2.22. The number of methoxy groups -OCH3 is 2. The Balaban J connectivity index is 2.41. The van der Waals surface area contributed by atoms with Crippen LogP contribution in [0, 0.1) is 5.92 Å². The van der Waals surface area contributed by atoms with Gasteiger partial charge in [0, 0.05) is 32.7 Å². The van der Waals surface area contributed by atoms with Gasteiger partial charge < -0.3 is 19.5 Å². The van der Waals surface area contributed by atoms with Crippen molar-refractivity contribution in [3.8, 4) is 0 Å². The topological polar surface area (TPSA) is 56.8 Å². The average Bonchev–Trinajstić information content (AvgIpc) is 2.83. The molecule has 0 aromatic rings. The molecule has 0 aromatic heterocycles. The molecule has 1 fully saturated rings. The van der Waals surface area contributed by atoms with Crippen molar-refractivity contribution >= 4 is 5.97 Å². The second-order valence-electron chi connectivity index (χ2n) is 4.67. The number of rotatable bonds is 6. The molecule has 3 atom stereocenters. The van der Waals surface area contributed by atoms with Gasteiger partial charge in [0.2, 0.25) is 0 Å². The monoisotopic (exact) mass is 245 g/mol. The summed E-state index contributed by atoms with van der Waals surface area (Å²) in [7, 11) is 3.11. The Kier molecular flexibility index (Phi) is 5.36. The van der Waals surface area contributed by atoms with Crippen LogP contribution < -0.4 is 5.32 Å². The Hall–Kier alpha value is -0.650. The van der Waals surface area contributed by atoms with E-state index in [1.165, 1.54) is 7.11 Å². The van der Waals surface area contributed by atoms with Crippen LogP contribution in [-0.2, 0) is 19.0 Å². The molecule has 0 amide bonds. The largest absolute Gasteiger partial charge is 0.469 e. The smallest absolute Gasteiger partial charge is 0.309 e. The van der Waals surface area contributed by atoms with Crippen LogP contribution in [0.5, 0.6) is 0 Å². The van der Waals surface area contributed by atoms with E-state index in [1.54, 1.807) is 7.11 Å². The normalized spacial score (nSPS) is 27.8. The highest BCUT2D eigenvalue weighted by Gasteiger charge is 2.35. The lowest BCUT2D eigenvalue weighted by Crippen LogP contribution is -2.48. The van der Waals surface area contributed by atoms with Gasteiger partial charge in [-0.25, -0.2) is 0 Å². The summed E-state index contributed by atoms with van der Waals surface area (Å²) in [5, 5.41) is 3.33. The predicted molar refractivity (Wildman–Crippen MR) is 63.8 cm³/mol. The number of ether oxygens (including phenoxy) is 3. The van der Waals surface area contributed by atoms with Crippen molar-refractivity contribution in [2.75, 3.05) is 34.0 Å². The molecule has 1 aliphatic rings. The minimum atomic E-state index is -0.246. The summed E-state index contributed by atoms with van der Waals surface area (Å²) in [6.45, 7) is 5.85. The van der Waals surface area contributed by atoms with Crippen LogP contribution in [0.4, 0.5) is 0 Å². The van der Waals surface area contributed by atoms with Gasteiger partial charge in [0.1, 0.15) is 5.60 Å². The molecule has 0 radical (unpaired) electrons. The SMILES string of the molecule is COC(=O)C(C)C(C)NCC1(OC)CCOC1. The van der Waals surface area contributed by atoms with Gasteiger partial charge in [-0.05, 0) is 6.92 Å². The molecule has 1 aliphatic heterocycles. The molecule has 5 heteroatoms. The number of hydrogen-bond donors (Lipinski definition) is 1. The Morgan fingerprint density at radius 1 is 1.47 bits per heavy atom. The minimum Gasteiger partial charge on any atom is -0.469 e. The van der Waals surface area contributed by atoms with Crippen LogP contribution in [0.15, 0.2) is 0 Å².